The molecule has 0 aliphatic heterocycles. The topological polar surface area (TPSA) is 20.3 Å². The fraction of sp³-hybridized carbons (Fsp3) is 0.500. The van der Waals surface area contributed by atoms with Crippen molar-refractivity contribution in [2.75, 3.05) is 13.6 Å². The van der Waals surface area contributed by atoms with Crippen LogP contribution in [0.2, 0.25) is 0 Å². The third-order valence-electron chi connectivity index (χ3n) is 3.06. The third-order valence-corrected chi connectivity index (χ3v) is 3.56. The van der Waals surface area contributed by atoms with Crippen LogP contribution in [0.4, 0.5) is 0 Å². The minimum absolute atomic E-state index is 0.235. The molecular formula is C14H20BrNO. The van der Waals surface area contributed by atoms with Crippen molar-refractivity contribution in [1.29, 1.82) is 0 Å². The van der Waals surface area contributed by atoms with Crippen LogP contribution in [-0.2, 0) is 11.3 Å². The first-order valence-electron chi connectivity index (χ1n) is 5.88. The predicted molar refractivity (Wildman–Crippen MR) is 74.9 cm³/mol. The van der Waals surface area contributed by atoms with Crippen molar-refractivity contribution in [1.82, 2.24) is 4.90 Å². The van der Waals surface area contributed by atoms with Crippen LogP contribution in [0.5, 0.6) is 0 Å². The number of hydrogen-bond acceptors (Lipinski definition) is 2. The van der Waals surface area contributed by atoms with Crippen LogP contribution < -0.4 is 0 Å². The lowest BCUT2D eigenvalue weighted by Gasteiger charge is -2.27. The van der Waals surface area contributed by atoms with Gasteiger partial charge in [-0.3, -0.25) is 0 Å². The number of carbonyl (C=O) groups excluding carboxylic acids is 1. The summed E-state index contributed by atoms with van der Waals surface area (Å²) >= 11 is 3.47. The van der Waals surface area contributed by atoms with Gasteiger partial charge >= 0.3 is 0 Å². The highest BCUT2D eigenvalue weighted by Crippen LogP contribution is 2.20. The second-order valence-electron chi connectivity index (χ2n) is 4.93. The summed E-state index contributed by atoms with van der Waals surface area (Å²) in [4.78, 5) is 13.3. The first kappa shape index (κ1) is 14.4. The van der Waals surface area contributed by atoms with E-state index in [1.165, 1.54) is 5.56 Å². The Kier molecular flexibility index (Phi) is 5.34. The highest BCUT2D eigenvalue weighted by atomic mass is 79.9. The molecular weight excluding hydrogens is 278 g/mol. The lowest BCUT2D eigenvalue weighted by molar-refractivity contribution is -0.116. The van der Waals surface area contributed by atoms with Crippen molar-refractivity contribution in [2.24, 2.45) is 5.41 Å². The number of nitrogens with zero attached hydrogens (tertiary/aromatic N) is 1. The van der Waals surface area contributed by atoms with Gasteiger partial charge in [0.2, 0.25) is 0 Å². The molecule has 0 N–H and O–H groups in total. The zero-order valence-electron chi connectivity index (χ0n) is 10.7. The molecule has 2 nitrogen and oxygen atoms in total. The Balaban J connectivity index is 2.61. The fourth-order valence-corrected chi connectivity index (χ4v) is 2.30. The van der Waals surface area contributed by atoms with Gasteiger partial charge in [-0.1, -0.05) is 41.9 Å². The van der Waals surface area contributed by atoms with Crippen molar-refractivity contribution in [2.45, 2.75) is 26.8 Å². The van der Waals surface area contributed by atoms with Crippen LogP contribution in [0.25, 0.3) is 0 Å². The Hall–Kier alpha value is -0.670. The second-order valence-corrected chi connectivity index (χ2v) is 5.84. The van der Waals surface area contributed by atoms with Crippen LogP contribution in [0, 0.1) is 5.41 Å². The lowest BCUT2D eigenvalue weighted by Crippen LogP contribution is -2.33. The molecule has 0 aliphatic carbocycles. The van der Waals surface area contributed by atoms with E-state index in [2.05, 4.69) is 46.9 Å². The fourth-order valence-electron chi connectivity index (χ4n) is 1.85. The summed E-state index contributed by atoms with van der Waals surface area (Å²) in [5.41, 5.74) is 1.02. The van der Waals surface area contributed by atoms with Crippen LogP contribution >= 0.6 is 15.9 Å². The predicted octanol–water partition coefficient (Wildman–Crippen LogP) is 3.50. The Bertz CT molecular complexity index is 380. The average Bonchev–Trinajstić information content (AvgIpc) is 2.28. The van der Waals surface area contributed by atoms with Gasteiger partial charge in [0.1, 0.15) is 6.29 Å². The van der Waals surface area contributed by atoms with Gasteiger partial charge in [0, 0.05) is 23.0 Å². The van der Waals surface area contributed by atoms with E-state index in [9.17, 15) is 4.79 Å². The number of hydrogen-bond donors (Lipinski definition) is 0. The first-order valence-corrected chi connectivity index (χ1v) is 6.68. The minimum Gasteiger partial charge on any atom is -0.303 e. The normalized spacial score (nSPS) is 14.6. The monoisotopic (exact) mass is 297 g/mol. The largest absolute Gasteiger partial charge is 0.303 e. The molecule has 0 radical (unpaired) electrons. The zero-order valence-corrected chi connectivity index (χ0v) is 12.3. The number of halogens is 1. The van der Waals surface area contributed by atoms with E-state index in [0.717, 1.165) is 30.3 Å². The van der Waals surface area contributed by atoms with E-state index in [1.807, 2.05) is 19.1 Å². The van der Waals surface area contributed by atoms with Gasteiger partial charge in [-0.25, -0.2) is 0 Å². The summed E-state index contributed by atoms with van der Waals surface area (Å²) in [7, 11) is 2.05. The van der Waals surface area contributed by atoms with Gasteiger partial charge in [0.05, 0.1) is 0 Å². The van der Waals surface area contributed by atoms with E-state index in [-0.39, 0.29) is 5.41 Å². The first-order chi connectivity index (χ1) is 7.99. The molecule has 1 aromatic rings. The lowest BCUT2D eigenvalue weighted by atomic mass is 9.89. The molecule has 94 valence electrons. The molecule has 0 heterocycles. The molecule has 0 spiro atoms. The molecule has 1 rings (SSSR count). The molecule has 0 fully saturated rings. The molecule has 17 heavy (non-hydrogen) atoms. The van der Waals surface area contributed by atoms with E-state index < -0.39 is 0 Å². The van der Waals surface area contributed by atoms with E-state index >= 15 is 0 Å². The van der Waals surface area contributed by atoms with E-state index in [1.54, 1.807) is 0 Å². The molecule has 0 amide bonds. The maximum absolute atomic E-state index is 11.1. The van der Waals surface area contributed by atoms with Gasteiger partial charge in [-0.15, -0.1) is 0 Å². The van der Waals surface area contributed by atoms with Crippen molar-refractivity contribution < 1.29 is 4.79 Å². The molecule has 3 heteroatoms. The van der Waals surface area contributed by atoms with Gasteiger partial charge in [0.15, 0.2) is 0 Å². The van der Waals surface area contributed by atoms with Crippen LogP contribution in [0.15, 0.2) is 28.7 Å². The number of benzene rings is 1. The Morgan fingerprint density at radius 2 is 2.18 bits per heavy atom. The van der Waals surface area contributed by atoms with Gasteiger partial charge in [0.25, 0.3) is 0 Å². The molecule has 0 saturated carbocycles. The van der Waals surface area contributed by atoms with E-state index in [0.29, 0.717) is 0 Å². The highest BCUT2D eigenvalue weighted by molar-refractivity contribution is 9.10. The molecule has 1 atom stereocenters. The zero-order chi connectivity index (χ0) is 12.9. The van der Waals surface area contributed by atoms with Crippen molar-refractivity contribution in [3.8, 4) is 0 Å². The molecule has 0 bridgehead atoms. The summed E-state index contributed by atoms with van der Waals surface area (Å²) in [5.74, 6) is 0. The van der Waals surface area contributed by atoms with Gasteiger partial charge in [-0.05, 0) is 31.2 Å². The third kappa shape index (κ3) is 4.60. The van der Waals surface area contributed by atoms with E-state index in [4.69, 9.17) is 0 Å². The molecule has 1 aromatic carbocycles. The molecule has 0 saturated heterocycles. The maximum Gasteiger partial charge on any atom is 0.127 e. The van der Waals surface area contributed by atoms with Crippen molar-refractivity contribution >= 4 is 22.2 Å². The van der Waals surface area contributed by atoms with Crippen LogP contribution in [0.1, 0.15) is 25.8 Å². The SMILES string of the molecule is CCC(C)(C=O)CN(C)Cc1cccc(Br)c1. The highest BCUT2D eigenvalue weighted by Gasteiger charge is 2.22. The smallest absolute Gasteiger partial charge is 0.127 e. The average molecular weight is 298 g/mol. The summed E-state index contributed by atoms with van der Waals surface area (Å²) < 4.78 is 1.09. The minimum atomic E-state index is -0.235. The number of carbonyl (C=O) groups is 1. The standard InChI is InChI=1S/C14H20BrNO/c1-4-14(2,11-17)10-16(3)9-12-6-5-7-13(15)8-12/h5-8,11H,4,9-10H2,1-3H3. The van der Waals surface area contributed by atoms with Crippen molar-refractivity contribution in [3.63, 3.8) is 0 Å². The Morgan fingerprint density at radius 1 is 1.47 bits per heavy atom. The second kappa shape index (κ2) is 6.31. The molecule has 0 aromatic heterocycles. The quantitative estimate of drug-likeness (QED) is 0.749. The number of aldehydes is 1. The Morgan fingerprint density at radius 3 is 2.71 bits per heavy atom. The maximum atomic E-state index is 11.1. The Labute approximate surface area is 112 Å². The summed E-state index contributed by atoms with van der Waals surface area (Å²) in [5, 5.41) is 0. The summed E-state index contributed by atoms with van der Waals surface area (Å²) in [6.07, 6.45) is 1.95. The van der Waals surface area contributed by atoms with Gasteiger partial charge in [-0.2, -0.15) is 0 Å². The summed E-state index contributed by atoms with van der Waals surface area (Å²) in [6, 6.07) is 8.27. The van der Waals surface area contributed by atoms with Crippen LogP contribution in [0.3, 0.4) is 0 Å². The van der Waals surface area contributed by atoms with Gasteiger partial charge < -0.3 is 9.69 Å². The summed E-state index contributed by atoms with van der Waals surface area (Å²) in [6.45, 7) is 5.72. The number of rotatable bonds is 6. The van der Waals surface area contributed by atoms with Crippen molar-refractivity contribution in [3.05, 3.63) is 34.3 Å². The van der Waals surface area contributed by atoms with Crippen LogP contribution in [-0.4, -0.2) is 24.8 Å². The molecule has 0 aliphatic rings. The molecule has 1 unspecified atom stereocenters.